The molecule has 2 aromatic carbocycles. The zero-order valence-corrected chi connectivity index (χ0v) is 24.9. The van der Waals surface area contributed by atoms with E-state index >= 15 is 0 Å². The van der Waals surface area contributed by atoms with E-state index in [1.54, 1.807) is 0 Å². The molecular weight excluding hydrogens is 516 g/mol. The van der Waals surface area contributed by atoms with Crippen LogP contribution < -0.4 is 14.9 Å². The summed E-state index contributed by atoms with van der Waals surface area (Å²) in [6.45, 7) is 14.3. The maximum Gasteiger partial charge on any atom is 0.196 e. The average molecular weight is 555 g/mol. The number of allylic oxidation sites excluding steroid dienone is 4. The number of hydrogen-bond acceptors (Lipinski definition) is 6. The minimum atomic E-state index is -0.668. The third kappa shape index (κ3) is 4.44. The maximum atomic E-state index is 14.2. The Labute approximate surface area is 240 Å². The fourth-order valence-corrected chi connectivity index (χ4v) is 6.37. The van der Waals surface area contributed by atoms with Crippen molar-refractivity contribution in [1.29, 1.82) is 0 Å². The van der Waals surface area contributed by atoms with Crippen molar-refractivity contribution in [3.05, 3.63) is 74.0 Å². The first kappa shape index (κ1) is 27.3. The normalized spacial score (nSPS) is 19.2. The van der Waals surface area contributed by atoms with Gasteiger partial charge in [-0.3, -0.25) is 4.79 Å². The molecule has 1 aromatic heterocycles. The molecule has 214 valence electrons. The van der Waals surface area contributed by atoms with Gasteiger partial charge in [-0.2, -0.15) is 0 Å². The summed E-state index contributed by atoms with van der Waals surface area (Å²) in [7, 11) is 0. The predicted octanol–water partition coefficient (Wildman–Crippen LogP) is 8.10. The molecule has 0 bridgehead atoms. The molecule has 41 heavy (non-hydrogen) atoms. The van der Waals surface area contributed by atoms with Gasteiger partial charge in [-0.25, -0.2) is 0 Å². The van der Waals surface area contributed by atoms with Gasteiger partial charge in [0.25, 0.3) is 0 Å². The number of aromatic hydroxyl groups is 2. The summed E-state index contributed by atoms with van der Waals surface area (Å²) in [6, 6.07) is 3.19. The smallest absolute Gasteiger partial charge is 0.196 e. The van der Waals surface area contributed by atoms with Crippen LogP contribution in [0.4, 0.5) is 0 Å². The lowest BCUT2D eigenvalue weighted by Gasteiger charge is -2.31. The van der Waals surface area contributed by atoms with E-state index in [1.807, 2.05) is 45.9 Å². The molecule has 6 heteroatoms. The molecule has 3 heterocycles. The summed E-state index contributed by atoms with van der Waals surface area (Å²) in [5.74, 6) is 0.911. The second-order valence-corrected chi connectivity index (χ2v) is 13.0. The molecule has 1 aliphatic carbocycles. The van der Waals surface area contributed by atoms with Gasteiger partial charge >= 0.3 is 0 Å². The quantitative estimate of drug-likeness (QED) is 0.310. The van der Waals surface area contributed by atoms with Gasteiger partial charge in [-0.15, -0.1) is 0 Å². The molecule has 6 rings (SSSR count). The maximum absolute atomic E-state index is 14.2. The topological polar surface area (TPSA) is 89.1 Å². The largest absolute Gasteiger partial charge is 0.507 e. The van der Waals surface area contributed by atoms with Gasteiger partial charge in [0.05, 0.1) is 16.5 Å². The van der Waals surface area contributed by atoms with E-state index in [1.165, 1.54) is 17.2 Å². The molecule has 0 radical (unpaired) electrons. The van der Waals surface area contributed by atoms with Crippen molar-refractivity contribution in [2.75, 3.05) is 0 Å². The van der Waals surface area contributed by atoms with E-state index in [0.717, 1.165) is 24.0 Å². The first-order valence-corrected chi connectivity index (χ1v) is 14.4. The first-order chi connectivity index (χ1) is 19.3. The van der Waals surface area contributed by atoms with E-state index < -0.39 is 11.2 Å². The fourth-order valence-electron chi connectivity index (χ4n) is 6.37. The fraction of sp³-hybridized carbons (Fsp3) is 0.400. The van der Waals surface area contributed by atoms with E-state index in [0.29, 0.717) is 57.8 Å². The molecule has 3 aliphatic rings. The molecule has 3 aromatic rings. The summed E-state index contributed by atoms with van der Waals surface area (Å²) >= 11 is 0. The van der Waals surface area contributed by atoms with Gasteiger partial charge in [0, 0.05) is 23.1 Å². The minimum Gasteiger partial charge on any atom is -0.507 e. The number of benzene rings is 2. The number of hydrogen-bond donors (Lipinski definition) is 2. The Morgan fingerprint density at radius 2 is 1.78 bits per heavy atom. The third-order valence-corrected chi connectivity index (χ3v) is 8.58. The number of fused-ring (bicyclic) bond motifs is 5. The lowest BCUT2D eigenvalue weighted by molar-refractivity contribution is 0.106. The lowest BCUT2D eigenvalue weighted by Crippen LogP contribution is -2.34. The van der Waals surface area contributed by atoms with Crippen LogP contribution in [-0.2, 0) is 12.8 Å². The van der Waals surface area contributed by atoms with Crippen molar-refractivity contribution in [2.45, 2.75) is 91.3 Å². The highest BCUT2D eigenvalue weighted by atomic mass is 16.5. The van der Waals surface area contributed by atoms with Crippen LogP contribution in [0.15, 0.2) is 50.7 Å². The van der Waals surface area contributed by atoms with E-state index in [-0.39, 0.29) is 22.8 Å². The minimum absolute atomic E-state index is 0.116. The van der Waals surface area contributed by atoms with Gasteiger partial charge in [0.15, 0.2) is 16.9 Å². The molecule has 1 unspecified atom stereocenters. The molecular formula is C35H38O6. The van der Waals surface area contributed by atoms with Crippen molar-refractivity contribution in [3.8, 4) is 34.3 Å². The van der Waals surface area contributed by atoms with Crippen LogP contribution in [0.5, 0.6) is 23.0 Å². The SMILES string of the molecule is CC(C)=CCC/C(C)=C/Cc1cc2c(=O)c3c(oc2c2c1OC(C)(C)C=C2)-c1c(O)cc(O)c2c1C(C3)C(C)(C)O2. The van der Waals surface area contributed by atoms with Crippen molar-refractivity contribution < 1.29 is 24.1 Å². The Balaban J connectivity index is 1.55. The zero-order chi connectivity index (χ0) is 29.4. The predicted molar refractivity (Wildman–Crippen MR) is 162 cm³/mol. The van der Waals surface area contributed by atoms with Crippen molar-refractivity contribution >= 4 is 17.0 Å². The van der Waals surface area contributed by atoms with Crippen LogP contribution in [0.3, 0.4) is 0 Å². The molecule has 0 spiro atoms. The van der Waals surface area contributed by atoms with Gasteiger partial charge in [0.1, 0.15) is 34.0 Å². The van der Waals surface area contributed by atoms with Gasteiger partial charge in [0.2, 0.25) is 0 Å². The number of ether oxygens (including phenoxy) is 2. The monoisotopic (exact) mass is 554 g/mol. The highest BCUT2D eigenvalue weighted by Crippen LogP contribution is 2.59. The summed E-state index contributed by atoms with van der Waals surface area (Å²) in [5.41, 5.74) is 5.02. The van der Waals surface area contributed by atoms with Crippen molar-refractivity contribution in [3.63, 3.8) is 0 Å². The molecule has 1 atom stereocenters. The molecule has 0 saturated heterocycles. The Hall–Kier alpha value is -3.93. The zero-order valence-electron chi connectivity index (χ0n) is 24.9. The second-order valence-electron chi connectivity index (χ2n) is 13.0. The number of phenolic OH excluding ortho intramolecular Hbond substituents is 2. The molecule has 0 saturated carbocycles. The summed E-state index contributed by atoms with van der Waals surface area (Å²) in [5, 5.41) is 22.1. The summed E-state index contributed by atoms with van der Waals surface area (Å²) in [4.78, 5) is 14.2. The third-order valence-electron chi connectivity index (χ3n) is 8.58. The van der Waals surface area contributed by atoms with Crippen LogP contribution in [0.25, 0.3) is 28.4 Å². The average Bonchev–Trinajstić information content (AvgIpc) is 3.16. The van der Waals surface area contributed by atoms with Crippen molar-refractivity contribution in [2.24, 2.45) is 0 Å². The Morgan fingerprint density at radius 1 is 1.02 bits per heavy atom. The first-order valence-electron chi connectivity index (χ1n) is 14.4. The molecule has 2 N–H and O–H groups in total. The van der Waals surface area contributed by atoms with Crippen molar-refractivity contribution in [1.82, 2.24) is 0 Å². The Morgan fingerprint density at radius 3 is 2.51 bits per heavy atom. The van der Waals surface area contributed by atoms with Crippen LogP contribution >= 0.6 is 0 Å². The highest BCUT2D eigenvalue weighted by Gasteiger charge is 2.49. The van der Waals surface area contributed by atoms with Crippen LogP contribution in [0.2, 0.25) is 0 Å². The van der Waals surface area contributed by atoms with E-state index in [4.69, 9.17) is 13.9 Å². The van der Waals surface area contributed by atoms with E-state index in [2.05, 4.69) is 32.9 Å². The second kappa shape index (κ2) is 9.30. The molecule has 6 nitrogen and oxygen atoms in total. The molecule has 2 aliphatic heterocycles. The standard InChI is InChI=1S/C35H38O6/c1-18(2)9-8-10-19(3)11-12-20-15-22-29(38)23-16-24-27-28(25(36)17-26(37)33(27)41-35(24,6)7)32(23)39-31(22)21-13-14-34(4,5)40-30(20)21/h9,11,13-15,17,24,36-37H,8,10,12,16H2,1-7H3/b19-11+. The van der Waals surface area contributed by atoms with Crippen LogP contribution in [-0.4, -0.2) is 21.4 Å². The molecule has 0 fully saturated rings. The molecule has 0 amide bonds. The number of phenols is 2. The van der Waals surface area contributed by atoms with Gasteiger partial charge in [-0.1, -0.05) is 23.3 Å². The van der Waals surface area contributed by atoms with Crippen LogP contribution in [0.1, 0.15) is 89.5 Å². The Kier molecular flexibility index (Phi) is 6.18. The summed E-state index contributed by atoms with van der Waals surface area (Å²) < 4.78 is 19.2. The Bertz CT molecular complexity index is 1760. The lowest BCUT2D eigenvalue weighted by atomic mass is 9.74. The number of rotatable bonds is 5. The van der Waals surface area contributed by atoms with Gasteiger partial charge in [-0.05, 0) is 97.9 Å². The van der Waals surface area contributed by atoms with E-state index in [9.17, 15) is 15.0 Å². The summed E-state index contributed by atoms with van der Waals surface area (Å²) in [6.07, 6.45) is 11.4. The van der Waals surface area contributed by atoms with Gasteiger partial charge < -0.3 is 24.1 Å². The van der Waals surface area contributed by atoms with Crippen LogP contribution in [0, 0.1) is 0 Å². The highest BCUT2D eigenvalue weighted by molar-refractivity contribution is 5.93.